The molecule has 0 spiro atoms. The Kier molecular flexibility index (Phi) is 16.0. The lowest BCUT2D eigenvalue weighted by molar-refractivity contribution is 0.795. The zero-order valence-electron chi connectivity index (χ0n) is 41.7. The lowest BCUT2D eigenvalue weighted by Gasteiger charge is -2.34. The molecule has 9 aromatic rings. The lowest BCUT2D eigenvalue weighted by Crippen LogP contribution is -2.17. The molecule has 4 heteroatoms. The molecule has 0 aliphatic heterocycles. The van der Waals surface area contributed by atoms with Crippen molar-refractivity contribution < 1.29 is 0 Å². The number of fused-ring (bicyclic) bond motifs is 2. The minimum absolute atomic E-state index is 0.663. The molecule has 0 saturated carbocycles. The quantitative estimate of drug-likeness (QED) is 0.0711. The summed E-state index contributed by atoms with van der Waals surface area (Å²) in [5.74, 6) is 0. The Balaban J connectivity index is 1.34. The van der Waals surface area contributed by atoms with E-state index in [0.717, 1.165) is 128 Å². The molecule has 0 N–H and O–H groups in total. The molecule has 0 aliphatic carbocycles. The Hall–Kier alpha value is -6.81. The summed E-state index contributed by atoms with van der Waals surface area (Å²) in [7, 11) is 0. The van der Waals surface area contributed by atoms with Crippen LogP contribution in [-0.4, -0.2) is 0 Å². The van der Waals surface area contributed by atoms with Gasteiger partial charge in [-0.2, -0.15) is 0 Å². The summed E-state index contributed by atoms with van der Waals surface area (Å²) in [6, 6.07) is 72.2. The molecule has 0 fully saturated rings. The largest absolute Gasteiger partial charge is 0.310 e. The van der Waals surface area contributed by atoms with E-state index in [-0.39, 0.29) is 0 Å². The van der Waals surface area contributed by atoms with Crippen LogP contribution in [0.15, 0.2) is 194 Å². The van der Waals surface area contributed by atoms with Crippen molar-refractivity contribution in [1.29, 1.82) is 0 Å². The van der Waals surface area contributed by atoms with Crippen molar-refractivity contribution in [1.82, 2.24) is 0 Å². The van der Waals surface area contributed by atoms with Gasteiger partial charge in [0.1, 0.15) is 0 Å². The first-order valence-electron chi connectivity index (χ1n) is 26.0. The number of benzene rings is 9. The van der Waals surface area contributed by atoms with Gasteiger partial charge in [-0.05, 0) is 180 Å². The fraction of sp³-hybridized carbons (Fsp3) is 0.242. The third-order valence-electron chi connectivity index (χ3n) is 13.8. The van der Waals surface area contributed by atoms with Gasteiger partial charge >= 0.3 is 0 Å². The molecule has 354 valence electrons. The first-order valence-corrected chi connectivity index (χ1v) is 26.4. The second kappa shape index (κ2) is 23.2. The van der Waals surface area contributed by atoms with Crippen LogP contribution in [0.25, 0.3) is 21.5 Å². The molecule has 0 saturated heterocycles. The van der Waals surface area contributed by atoms with Crippen molar-refractivity contribution in [2.75, 3.05) is 14.7 Å². The van der Waals surface area contributed by atoms with Crippen LogP contribution in [0, 0.1) is 0 Å². The lowest BCUT2D eigenvalue weighted by atomic mass is 10.0. The van der Waals surface area contributed by atoms with Gasteiger partial charge in [-0.15, -0.1) is 0 Å². The molecule has 0 aromatic heterocycles. The van der Waals surface area contributed by atoms with Crippen LogP contribution in [0.5, 0.6) is 0 Å². The van der Waals surface area contributed by atoms with Gasteiger partial charge in [0.2, 0.25) is 0 Å². The molecule has 0 bridgehead atoms. The van der Waals surface area contributed by atoms with Gasteiger partial charge < -0.3 is 14.7 Å². The van der Waals surface area contributed by atoms with E-state index in [4.69, 9.17) is 11.6 Å². The molecule has 0 radical (unpaired) electrons. The fourth-order valence-corrected chi connectivity index (χ4v) is 10.0. The number of hydrogen-bond donors (Lipinski definition) is 0. The molecule has 9 rings (SSSR count). The number of unbranched alkanes of at least 4 members (excludes halogenated alkanes) is 4. The highest BCUT2D eigenvalue weighted by Crippen LogP contribution is 2.51. The number of aryl methyl sites for hydroxylation is 4. The Morgan fingerprint density at radius 2 is 0.571 bits per heavy atom. The zero-order chi connectivity index (χ0) is 48.2. The number of hydrogen-bond acceptors (Lipinski definition) is 3. The van der Waals surface area contributed by atoms with Crippen LogP contribution in [0.1, 0.15) is 101 Å². The average Bonchev–Trinajstić information content (AvgIpc) is 3.41. The molecule has 9 aromatic carbocycles. The summed E-state index contributed by atoms with van der Waals surface area (Å²) >= 11 is 8.22. The maximum Gasteiger partial charge on any atom is 0.0888 e. The second-order valence-electron chi connectivity index (χ2n) is 18.9. The third kappa shape index (κ3) is 11.1. The highest BCUT2D eigenvalue weighted by Gasteiger charge is 2.27. The van der Waals surface area contributed by atoms with Gasteiger partial charge in [-0.25, -0.2) is 0 Å². The van der Waals surface area contributed by atoms with Gasteiger partial charge in [0.25, 0.3) is 0 Å². The van der Waals surface area contributed by atoms with Crippen molar-refractivity contribution >= 4 is 84.3 Å². The molecular formula is C66H68ClN3. The minimum Gasteiger partial charge on any atom is -0.310 e. The Morgan fingerprint density at radius 3 is 0.871 bits per heavy atom. The smallest absolute Gasteiger partial charge is 0.0888 e. The average molecular weight is 939 g/mol. The summed E-state index contributed by atoms with van der Waals surface area (Å²) in [4.78, 5) is 7.17. The summed E-state index contributed by atoms with van der Waals surface area (Å²) < 4.78 is 0. The molecule has 0 unspecified atom stereocenters. The van der Waals surface area contributed by atoms with Crippen molar-refractivity contribution in [2.24, 2.45) is 0 Å². The van der Waals surface area contributed by atoms with Crippen LogP contribution in [0.4, 0.5) is 51.2 Å². The van der Waals surface area contributed by atoms with E-state index in [1.807, 2.05) is 0 Å². The maximum absolute atomic E-state index is 8.22. The normalized spacial score (nSPS) is 11.3. The van der Waals surface area contributed by atoms with Gasteiger partial charge in [0.05, 0.1) is 22.1 Å². The molecule has 70 heavy (non-hydrogen) atoms. The van der Waals surface area contributed by atoms with E-state index in [1.165, 1.54) is 43.8 Å². The van der Waals surface area contributed by atoms with Gasteiger partial charge in [0, 0.05) is 34.1 Å². The Morgan fingerprint density at radius 1 is 0.286 bits per heavy atom. The minimum atomic E-state index is 0.663. The van der Waals surface area contributed by atoms with E-state index in [0.29, 0.717) is 5.02 Å². The second-order valence-corrected chi connectivity index (χ2v) is 19.3. The highest BCUT2D eigenvalue weighted by molar-refractivity contribution is 6.37. The van der Waals surface area contributed by atoms with E-state index >= 15 is 0 Å². The SMILES string of the molecule is CCCCc1ccc(N(c2ccc(CCCC)cc2)c2cc(N(c3ccc4ccccc4c3)c3ccc4ccccc4c3)cc(N(c3ccc(CCCC)cc3)c3ccc(CCCC)cc3)c2Cl)cc1. The van der Waals surface area contributed by atoms with Crippen molar-refractivity contribution in [3.05, 3.63) is 221 Å². The number of rotatable bonds is 21. The molecule has 0 atom stereocenters. The number of halogens is 1. The Bertz CT molecular complexity index is 2790. The zero-order valence-corrected chi connectivity index (χ0v) is 42.4. The highest BCUT2D eigenvalue weighted by atomic mass is 35.5. The standard InChI is InChI=1S/C66H68ClN3/c1-5-9-17-49-25-35-57(36-26-49)69(58-37-27-50(28-38-58)18-10-6-2)64-47-63(68(61-43-33-53-21-13-15-23-55(53)45-61)62-44-34-54-22-14-16-24-56(54)46-62)48-65(66(64)67)70(59-39-29-51(30-40-59)19-11-7-3)60-41-31-52(32-42-60)20-12-8-4/h13-16,21-48H,5-12,17-20H2,1-4H3. The van der Waals surface area contributed by atoms with Gasteiger partial charge in [-0.1, -0.05) is 174 Å². The summed E-state index contributed by atoms with van der Waals surface area (Å²) in [5, 5.41) is 5.43. The third-order valence-corrected chi connectivity index (χ3v) is 14.2. The summed E-state index contributed by atoms with van der Waals surface area (Å²) in [6.07, 6.45) is 13.5. The summed E-state index contributed by atoms with van der Waals surface area (Å²) in [6.45, 7) is 9.04. The van der Waals surface area contributed by atoms with E-state index in [2.05, 4.69) is 237 Å². The van der Waals surface area contributed by atoms with Crippen molar-refractivity contribution in [2.45, 2.75) is 105 Å². The van der Waals surface area contributed by atoms with Crippen molar-refractivity contribution in [3.63, 3.8) is 0 Å². The van der Waals surface area contributed by atoms with Crippen LogP contribution in [0.3, 0.4) is 0 Å². The fourth-order valence-electron chi connectivity index (χ4n) is 9.74. The van der Waals surface area contributed by atoms with Crippen LogP contribution in [-0.2, 0) is 25.7 Å². The van der Waals surface area contributed by atoms with Gasteiger partial charge in [0.15, 0.2) is 0 Å². The monoisotopic (exact) mass is 938 g/mol. The van der Waals surface area contributed by atoms with E-state index in [1.54, 1.807) is 0 Å². The number of anilines is 9. The van der Waals surface area contributed by atoms with Crippen LogP contribution >= 0.6 is 11.6 Å². The molecular weight excluding hydrogens is 870 g/mol. The molecule has 0 aliphatic rings. The van der Waals surface area contributed by atoms with Crippen LogP contribution in [0.2, 0.25) is 5.02 Å². The maximum atomic E-state index is 8.22. The Labute approximate surface area is 423 Å². The first kappa shape index (κ1) is 48.2. The topological polar surface area (TPSA) is 9.72 Å². The first-order chi connectivity index (χ1) is 34.4. The van der Waals surface area contributed by atoms with E-state index < -0.39 is 0 Å². The summed E-state index contributed by atoms with van der Waals surface area (Å²) in [5.41, 5.74) is 14.5. The molecule has 0 amide bonds. The van der Waals surface area contributed by atoms with Crippen LogP contribution < -0.4 is 14.7 Å². The van der Waals surface area contributed by atoms with Crippen molar-refractivity contribution in [3.8, 4) is 0 Å². The molecule has 0 heterocycles. The van der Waals surface area contributed by atoms with E-state index in [9.17, 15) is 0 Å². The number of nitrogens with zero attached hydrogens (tertiary/aromatic N) is 3. The predicted octanol–water partition coefficient (Wildman–Crippen LogP) is 20.4. The predicted molar refractivity (Wildman–Crippen MR) is 305 cm³/mol. The van der Waals surface area contributed by atoms with Gasteiger partial charge in [-0.3, -0.25) is 0 Å². The molecule has 3 nitrogen and oxygen atoms in total.